The van der Waals surface area contributed by atoms with Gasteiger partial charge >= 0.3 is 18.0 Å². The van der Waals surface area contributed by atoms with Gasteiger partial charge in [-0.1, -0.05) is 42.5 Å². The molecule has 0 N–H and O–H groups in total. The molecule has 3 aromatic rings. The Labute approximate surface area is 196 Å². The van der Waals surface area contributed by atoms with Gasteiger partial charge in [-0.3, -0.25) is 4.98 Å². The van der Waals surface area contributed by atoms with E-state index in [4.69, 9.17) is 4.74 Å². The number of rotatable bonds is 5. The number of methoxy groups -OCH3 is 1. The number of pyridine rings is 1. The van der Waals surface area contributed by atoms with Crippen molar-refractivity contribution in [1.82, 2.24) is 9.88 Å². The first-order valence-corrected chi connectivity index (χ1v) is 10.3. The van der Waals surface area contributed by atoms with Crippen LogP contribution in [0.15, 0.2) is 89.1 Å². The van der Waals surface area contributed by atoms with E-state index in [2.05, 4.69) is 15.0 Å². The quantitative estimate of drug-likeness (QED) is 0.435. The molecule has 0 aliphatic carbocycles. The fraction of sp³-hybridized carbons (Fsp3) is 0.208. The molecule has 2 heterocycles. The minimum Gasteiger partial charge on any atom is -0.497 e. The lowest BCUT2D eigenvalue weighted by molar-refractivity contribution is -0.293. The van der Waals surface area contributed by atoms with E-state index in [1.54, 1.807) is 30.3 Å². The predicted molar refractivity (Wildman–Crippen MR) is 117 cm³/mol. The zero-order chi connectivity index (χ0) is 25.3. The van der Waals surface area contributed by atoms with Crippen LogP contribution in [0.1, 0.15) is 16.7 Å². The summed E-state index contributed by atoms with van der Waals surface area (Å²) in [5, 5.41) is 0. The molecule has 0 spiro atoms. The number of nitrogens with zero attached hydrogens (tertiary/aromatic N) is 4. The Morgan fingerprint density at radius 3 is 1.86 bits per heavy atom. The van der Waals surface area contributed by atoms with Gasteiger partial charge in [0, 0.05) is 23.5 Å². The summed E-state index contributed by atoms with van der Waals surface area (Å²) in [6.45, 7) is -0.114. The molecule has 0 saturated heterocycles. The number of hydrogen-bond donors (Lipinski definition) is 0. The fourth-order valence-electron chi connectivity index (χ4n) is 3.55. The summed E-state index contributed by atoms with van der Waals surface area (Å²) in [6.07, 6.45) is -9.20. The molecule has 0 amide bonds. The lowest BCUT2D eigenvalue weighted by Crippen LogP contribution is -2.59. The lowest BCUT2D eigenvalue weighted by Gasteiger charge is -2.39. The molecular formula is C24H18F6N4O. The first-order chi connectivity index (χ1) is 16.6. The molecule has 0 unspecified atom stereocenters. The zero-order valence-corrected chi connectivity index (χ0v) is 18.2. The second-order valence-corrected chi connectivity index (χ2v) is 7.58. The molecule has 1 aliphatic rings. The second-order valence-electron chi connectivity index (χ2n) is 7.58. The van der Waals surface area contributed by atoms with Crippen LogP contribution < -0.4 is 4.74 Å². The van der Waals surface area contributed by atoms with Crippen LogP contribution in [0.25, 0.3) is 0 Å². The smallest absolute Gasteiger partial charge is 0.443 e. The SMILES string of the molecule is COc1ccc(CN2C(c3ccccc3)=NC(C(F)(F)F)(C(F)(F)F)N=C2c2cccnc2)cc1. The highest BCUT2D eigenvalue weighted by Gasteiger charge is 2.74. The summed E-state index contributed by atoms with van der Waals surface area (Å²) in [5.74, 6) is -0.541. The minimum absolute atomic E-state index is 0.0257. The van der Waals surface area contributed by atoms with Crippen molar-refractivity contribution in [2.24, 2.45) is 9.98 Å². The summed E-state index contributed by atoms with van der Waals surface area (Å²) in [4.78, 5) is 11.6. The van der Waals surface area contributed by atoms with Gasteiger partial charge in [0.25, 0.3) is 0 Å². The molecule has 0 radical (unpaired) electrons. The summed E-state index contributed by atoms with van der Waals surface area (Å²) in [6, 6.07) is 16.7. The predicted octanol–water partition coefficient (Wildman–Crippen LogP) is 5.62. The summed E-state index contributed by atoms with van der Waals surface area (Å²) in [5.41, 5.74) is -4.07. The van der Waals surface area contributed by atoms with E-state index in [9.17, 15) is 26.3 Å². The molecular weight excluding hydrogens is 474 g/mol. The zero-order valence-electron chi connectivity index (χ0n) is 18.2. The molecule has 0 atom stereocenters. The van der Waals surface area contributed by atoms with E-state index in [1.807, 2.05) is 0 Å². The molecule has 11 heteroatoms. The third-order valence-electron chi connectivity index (χ3n) is 5.29. The van der Waals surface area contributed by atoms with Gasteiger partial charge in [0.1, 0.15) is 17.4 Å². The first kappa shape index (κ1) is 24.2. The van der Waals surface area contributed by atoms with E-state index < -0.39 is 29.7 Å². The number of aliphatic imine (C=N–C) groups is 2. The largest absolute Gasteiger partial charge is 0.497 e. The van der Waals surface area contributed by atoms with Crippen molar-refractivity contribution in [3.63, 3.8) is 0 Å². The molecule has 0 fully saturated rings. The van der Waals surface area contributed by atoms with Crippen molar-refractivity contribution in [2.45, 2.75) is 24.6 Å². The van der Waals surface area contributed by atoms with Gasteiger partial charge in [-0.2, -0.15) is 26.3 Å². The number of amidine groups is 2. The van der Waals surface area contributed by atoms with Crippen molar-refractivity contribution < 1.29 is 31.1 Å². The Hall–Kier alpha value is -3.89. The maximum absolute atomic E-state index is 14.1. The molecule has 2 aromatic carbocycles. The van der Waals surface area contributed by atoms with Crippen molar-refractivity contribution >= 4 is 11.7 Å². The van der Waals surface area contributed by atoms with E-state index in [1.165, 1.54) is 54.6 Å². The molecule has 4 rings (SSSR count). The van der Waals surface area contributed by atoms with Gasteiger partial charge in [-0.15, -0.1) is 0 Å². The minimum atomic E-state index is -5.86. The van der Waals surface area contributed by atoms with Crippen molar-refractivity contribution in [3.8, 4) is 5.75 Å². The number of ether oxygens (including phenoxy) is 1. The number of benzene rings is 2. The maximum atomic E-state index is 14.1. The Morgan fingerprint density at radius 1 is 0.771 bits per heavy atom. The highest BCUT2D eigenvalue weighted by molar-refractivity contribution is 6.16. The van der Waals surface area contributed by atoms with Gasteiger partial charge in [0.05, 0.1) is 13.7 Å². The molecule has 1 aliphatic heterocycles. The summed E-state index contributed by atoms with van der Waals surface area (Å²) >= 11 is 0. The van der Waals surface area contributed by atoms with Gasteiger partial charge in [-0.05, 0) is 29.8 Å². The Morgan fingerprint density at radius 2 is 1.34 bits per heavy atom. The highest BCUT2D eigenvalue weighted by Crippen LogP contribution is 2.49. The number of hydrogen-bond acceptors (Lipinski definition) is 5. The Bertz CT molecular complexity index is 1150. The van der Waals surface area contributed by atoms with Crippen LogP contribution in [-0.2, 0) is 6.54 Å². The summed E-state index contributed by atoms with van der Waals surface area (Å²) in [7, 11) is 1.47. The van der Waals surface area contributed by atoms with Crippen LogP contribution in [0, 0.1) is 0 Å². The molecule has 35 heavy (non-hydrogen) atoms. The normalized spacial score (nSPS) is 15.9. The van der Waals surface area contributed by atoms with Crippen LogP contribution in [0.3, 0.4) is 0 Å². The van der Waals surface area contributed by atoms with E-state index in [-0.39, 0.29) is 17.7 Å². The summed E-state index contributed by atoms with van der Waals surface area (Å²) < 4.78 is 89.9. The standard InChI is InChI=1S/C24H18F6N4O/c1-35-19-11-9-16(10-12-19)15-34-20(17-6-3-2-4-7-17)32-22(23(25,26)27,24(28,29)30)33-21(34)18-8-5-13-31-14-18/h2-14H,15H2,1H3. The van der Waals surface area contributed by atoms with Gasteiger partial charge in [0.15, 0.2) is 0 Å². The van der Waals surface area contributed by atoms with E-state index in [0.29, 0.717) is 11.3 Å². The average Bonchev–Trinajstić information content (AvgIpc) is 2.84. The number of aromatic nitrogens is 1. The lowest BCUT2D eigenvalue weighted by atomic mass is 10.0. The maximum Gasteiger partial charge on any atom is 0.443 e. The van der Waals surface area contributed by atoms with Crippen molar-refractivity contribution in [3.05, 3.63) is 95.8 Å². The van der Waals surface area contributed by atoms with Gasteiger partial charge < -0.3 is 9.64 Å². The monoisotopic (exact) mass is 492 g/mol. The topological polar surface area (TPSA) is 50.1 Å². The molecule has 0 saturated carbocycles. The van der Waals surface area contributed by atoms with Gasteiger partial charge in [-0.25, -0.2) is 9.98 Å². The molecule has 0 bridgehead atoms. The highest BCUT2D eigenvalue weighted by atomic mass is 19.4. The Kier molecular flexibility index (Phi) is 6.27. The average molecular weight is 492 g/mol. The third kappa shape index (κ3) is 4.58. The molecule has 182 valence electrons. The number of halogens is 6. The third-order valence-corrected chi connectivity index (χ3v) is 5.29. The van der Waals surface area contributed by atoms with Gasteiger partial charge in [0.2, 0.25) is 0 Å². The Balaban J connectivity index is 1.98. The fourth-order valence-corrected chi connectivity index (χ4v) is 3.55. The van der Waals surface area contributed by atoms with Crippen LogP contribution in [0.4, 0.5) is 26.3 Å². The second kappa shape index (κ2) is 9.05. The van der Waals surface area contributed by atoms with Crippen LogP contribution in [0.5, 0.6) is 5.75 Å². The van der Waals surface area contributed by atoms with Crippen LogP contribution >= 0.6 is 0 Å². The van der Waals surface area contributed by atoms with Crippen LogP contribution in [0.2, 0.25) is 0 Å². The molecule has 5 nitrogen and oxygen atoms in total. The first-order valence-electron chi connectivity index (χ1n) is 10.3. The van der Waals surface area contributed by atoms with Crippen molar-refractivity contribution in [1.29, 1.82) is 0 Å². The molecule has 1 aromatic heterocycles. The van der Waals surface area contributed by atoms with Crippen molar-refractivity contribution in [2.75, 3.05) is 7.11 Å². The van der Waals surface area contributed by atoms with Crippen LogP contribution in [-0.4, -0.2) is 46.7 Å². The van der Waals surface area contributed by atoms with E-state index in [0.717, 1.165) is 6.20 Å². The number of alkyl halides is 6. The van der Waals surface area contributed by atoms with E-state index >= 15 is 0 Å².